The van der Waals surface area contributed by atoms with Gasteiger partial charge in [-0.25, -0.2) is 0 Å². The third kappa shape index (κ3) is 3.24. The molecule has 0 atom stereocenters. The fourth-order valence-electron chi connectivity index (χ4n) is 2.20. The standard InChI is InChI=1S/C16H22N4O/c1-5-20-10-12(17)14(19-20)15(21)18-13-9-7-6-8-11(13)16(2,3)4/h6-10H,5,17H2,1-4H3,(H,18,21). The van der Waals surface area contributed by atoms with E-state index in [1.165, 1.54) is 0 Å². The van der Waals surface area contributed by atoms with Gasteiger partial charge in [-0.05, 0) is 24.0 Å². The highest BCUT2D eigenvalue weighted by atomic mass is 16.2. The van der Waals surface area contributed by atoms with E-state index < -0.39 is 0 Å². The highest BCUT2D eigenvalue weighted by molar-refractivity contribution is 6.06. The van der Waals surface area contributed by atoms with Gasteiger partial charge in [-0.3, -0.25) is 9.48 Å². The lowest BCUT2D eigenvalue weighted by Gasteiger charge is -2.22. The minimum Gasteiger partial charge on any atom is -0.396 e. The van der Waals surface area contributed by atoms with Crippen molar-refractivity contribution in [2.45, 2.75) is 39.7 Å². The van der Waals surface area contributed by atoms with Crippen molar-refractivity contribution in [2.75, 3.05) is 11.1 Å². The number of hydrogen-bond donors (Lipinski definition) is 2. The van der Waals surface area contributed by atoms with E-state index >= 15 is 0 Å². The lowest BCUT2D eigenvalue weighted by atomic mass is 9.86. The fraction of sp³-hybridized carbons (Fsp3) is 0.375. The molecule has 0 aliphatic carbocycles. The van der Waals surface area contributed by atoms with Crippen LogP contribution in [0.15, 0.2) is 30.5 Å². The van der Waals surface area contributed by atoms with E-state index in [1.807, 2.05) is 31.2 Å². The molecule has 5 heteroatoms. The molecule has 2 aromatic rings. The molecule has 21 heavy (non-hydrogen) atoms. The third-order valence-electron chi connectivity index (χ3n) is 3.31. The number of para-hydroxylation sites is 1. The van der Waals surface area contributed by atoms with Crippen LogP contribution in [0.1, 0.15) is 43.7 Å². The summed E-state index contributed by atoms with van der Waals surface area (Å²) < 4.78 is 1.65. The van der Waals surface area contributed by atoms with Crippen LogP contribution in [0.25, 0.3) is 0 Å². The molecular weight excluding hydrogens is 264 g/mol. The Kier molecular flexibility index (Phi) is 4.02. The van der Waals surface area contributed by atoms with E-state index in [1.54, 1.807) is 10.9 Å². The number of nitrogens with zero attached hydrogens (tertiary/aromatic N) is 2. The number of anilines is 2. The fourth-order valence-corrected chi connectivity index (χ4v) is 2.20. The van der Waals surface area contributed by atoms with Gasteiger partial charge >= 0.3 is 0 Å². The summed E-state index contributed by atoms with van der Waals surface area (Å²) in [4.78, 5) is 12.4. The molecule has 0 saturated carbocycles. The van der Waals surface area contributed by atoms with E-state index in [0.29, 0.717) is 12.2 Å². The van der Waals surface area contributed by atoms with Crippen molar-refractivity contribution in [1.82, 2.24) is 9.78 Å². The summed E-state index contributed by atoms with van der Waals surface area (Å²) in [6.07, 6.45) is 1.67. The number of carbonyl (C=O) groups is 1. The number of hydrogen-bond acceptors (Lipinski definition) is 3. The number of nitrogens with one attached hydrogen (secondary N) is 1. The highest BCUT2D eigenvalue weighted by Gasteiger charge is 2.20. The summed E-state index contributed by atoms with van der Waals surface area (Å²) in [5.41, 5.74) is 8.32. The Hall–Kier alpha value is -2.30. The number of nitrogens with two attached hydrogens (primary N) is 1. The molecule has 0 radical (unpaired) electrons. The van der Waals surface area contributed by atoms with Gasteiger partial charge in [0, 0.05) is 18.4 Å². The summed E-state index contributed by atoms with van der Waals surface area (Å²) >= 11 is 0. The second-order valence-electron chi connectivity index (χ2n) is 6.04. The number of amides is 1. The number of aromatic nitrogens is 2. The zero-order valence-corrected chi connectivity index (χ0v) is 13.0. The van der Waals surface area contributed by atoms with Crippen molar-refractivity contribution in [3.05, 3.63) is 41.7 Å². The zero-order chi connectivity index (χ0) is 15.6. The molecule has 2 rings (SSSR count). The molecule has 112 valence electrons. The molecule has 0 fully saturated rings. The van der Waals surface area contributed by atoms with Crippen LogP contribution in [-0.2, 0) is 12.0 Å². The Morgan fingerprint density at radius 2 is 2.00 bits per heavy atom. The Morgan fingerprint density at radius 3 is 2.57 bits per heavy atom. The molecule has 0 bridgehead atoms. The van der Waals surface area contributed by atoms with Gasteiger partial charge in [-0.1, -0.05) is 39.0 Å². The molecule has 3 N–H and O–H groups in total. The molecule has 1 aromatic heterocycles. The van der Waals surface area contributed by atoms with Crippen LogP contribution in [0.3, 0.4) is 0 Å². The van der Waals surface area contributed by atoms with E-state index in [0.717, 1.165) is 11.3 Å². The van der Waals surface area contributed by atoms with E-state index in [-0.39, 0.29) is 17.0 Å². The first-order valence-electron chi connectivity index (χ1n) is 7.06. The number of rotatable bonds is 3. The summed E-state index contributed by atoms with van der Waals surface area (Å²) in [7, 11) is 0. The van der Waals surface area contributed by atoms with Crippen LogP contribution in [-0.4, -0.2) is 15.7 Å². The monoisotopic (exact) mass is 286 g/mol. The number of carbonyl (C=O) groups excluding carboxylic acids is 1. The first-order valence-corrected chi connectivity index (χ1v) is 7.06. The third-order valence-corrected chi connectivity index (χ3v) is 3.31. The van der Waals surface area contributed by atoms with Crippen LogP contribution < -0.4 is 11.1 Å². The van der Waals surface area contributed by atoms with Crippen molar-refractivity contribution >= 4 is 17.3 Å². The zero-order valence-electron chi connectivity index (χ0n) is 13.0. The Morgan fingerprint density at radius 1 is 1.33 bits per heavy atom. The number of benzene rings is 1. The predicted octanol–water partition coefficient (Wildman–Crippen LogP) is 3.04. The Balaban J connectivity index is 2.30. The SMILES string of the molecule is CCn1cc(N)c(C(=O)Nc2ccccc2C(C)(C)C)n1. The Labute approximate surface area is 125 Å². The summed E-state index contributed by atoms with van der Waals surface area (Å²) in [5, 5.41) is 7.11. The quantitative estimate of drug-likeness (QED) is 0.911. The summed E-state index contributed by atoms with van der Waals surface area (Å²) in [6, 6.07) is 7.78. The van der Waals surface area contributed by atoms with Crippen LogP contribution in [0, 0.1) is 0 Å². The maximum absolute atomic E-state index is 12.4. The first-order chi connectivity index (χ1) is 9.82. The van der Waals surface area contributed by atoms with Crippen molar-refractivity contribution in [2.24, 2.45) is 0 Å². The molecule has 0 aliphatic rings. The van der Waals surface area contributed by atoms with E-state index in [4.69, 9.17) is 5.73 Å². The Bertz CT molecular complexity index is 653. The minimum absolute atomic E-state index is 0.0573. The number of aryl methyl sites for hydroxylation is 1. The van der Waals surface area contributed by atoms with E-state index in [9.17, 15) is 4.79 Å². The van der Waals surface area contributed by atoms with Gasteiger partial charge in [0.05, 0.1) is 5.69 Å². The molecule has 0 unspecified atom stereocenters. The van der Waals surface area contributed by atoms with Gasteiger partial charge in [-0.2, -0.15) is 5.10 Å². The minimum atomic E-state index is -0.281. The van der Waals surface area contributed by atoms with E-state index in [2.05, 4.69) is 31.2 Å². The topological polar surface area (TPSA) is 72.9 Å². The molecule has 1 heterocycles. The van der Waals surface area contributed by atoms with Crippen molar-refractivity contribution in [1.29, 1.82) is 0 Å². The van der Waals surface area contributed by atoms with Gasteiger partial charge in [-0.15, -0.1) is 0 Å². The van der Waals surface area contributed by atoms with Gasteiger partial charge < -0.3 is 11.1 Å². The lowest BCUT2D eigenvalue weighted by Crippen LogP contribution is -2.19. The maximum atomic E-state index is 12.4. The molecular formula is C16H22N4O. The van der Waals surface area contributed by atoms with Crippen molar-refractivity contribution in [3.8, 4) is 0 Å². The predicted molar refractivity (Wildman–Crippen MR) is 85.4 cm³/mol. The van der Waals surface area contributed by atoms with Crippen LogP contribution in [0.4, 0.5) is 11.4 Å². The molecule has 0 saturated heterocycles. The highest BCUT2D eigenvalue weighted by Crippen LogP contribution is 2.29. The molecule has 5 nitrogen and oxygen atoms in total. The molecule has 0 aliphatic heterocycles. The van der Waals surface area contributed by atoms with Gasteiger partial charge in [0.2, 0.25) is 0 Å². The van der Waals surface area contributed by atoms with Gasteiger partial charge in [0.15, 0.2) is 5.69 Å². The molecule has 1 amide bonds. The largest absolute Gasteiger partial charge is 0.396 e. The first kappa shape index (κ1) is 15.1. The number of nitrogen functional groups attached to an aromatic ring is 1. The molecule has 0 spiro atoms. The second-order valence-corrected chi connectivity index (χ2v) is 6.04. The summed E-state index contributed by atoms with van der Waals surface area (Å²) in [5.74, 6) is -0.281. The van der Waals surface area contributed by atoms with Crippen LogP contribution >= 0.6 is 0 Å². The van der Waals surface area contributed by atoms with Gasteiger partial charge in [0.25, 0.3) is 5.91 Å². The lowest BCUT2D eigenvalue weighted by molar-refractivity contribution is 0.102. The van der Waals surface area contributed by atoms with Gasteiger partial charge in [0.1, 0.15) is 0 Å². The normalized spacial score (nSPS) is 11.4. The average molecular weight is 286 g/mol. The average Bonchev–Trinajstić information content (AvgIpc) is 2.79. The second kappa shape index (κ2) is 5.60. The van der Waals surface area contributed by atoms with Crippen LogP contribution in [0.2, 0.25) is 0 Å². The molecule has 1 aromatic carbocycles. The van der Waals surface area contributed by atoms with Crippen molar-refractivity contribution in [3.63, 3.8) is 0 Å². The van der Waals surface area contributed by atoms with Crippen LogP contribution in [0.5, 0.6) is 0 Å². The smallest absolute Gasteiger partial charge is 0.278 e. The summed E-state index contributed by atoms with van der Waals surface area (Å²) in [6.45, 7) is 8.95. The van der Waals surface area contributed by atoms with Crippen molar-refractivity contribution < 1.29 is 4.79 Å². The maximum Gasteiger partial charge on any atom is 0.278 e.